The molecule has 0 aliphatic rings. The summed E-state index contributed by atoms with van der Waals surface area (Å²) in [5.41, 5.74) is 0. The van der Waals surface area contributed by atoms with Crippen molar-refractivity contribution in [3.05, 3.63) is 0 Å². The first-order valence-electron chi connectivity index (χ1n) is 3.45. The summed E-state index contributed by atoms with van der Waals surface area (Å²) in [6.45, 7) is 0.369. The van der Waals surface area contributed by atoms with Gasteiger partial charge in [0.25, 0.3) is 0 Å². The lowest BCUT2D eigenvalue weighted by molar-refractivity contribution is -0.0854. The van der Waals surface area contributed by atoms with E-state index in [9.17, 15) is 0 Å². The monoisotopic (exact) mass is 164 g/mol. The van der Waals surface area contributed by atoms with Gasteiger partial charge in [0.2, 0.25) is 0 Å². The maximum absolute atomic E-state index is 8.79. The van der Waals surface area contributed by atoms with Crippen LogP contribution in [0.25, 0.3) is 0 Å². The summed E-state index contributed by atoms with van der Waals surface area (Å²) in [7, 11) is 4.67. The van der Waals surface area contributed by atoms with Crippen LogP contribution in [0.4, 0.5) is 0 Å². The molecular formula is C7H16O4. The number of methoxy groups -OCH3 is 3. The molecule has 0 amide bonds. The van der Waals surface area contributed by atoms with Crippen LogP contribution in [0.5, 0.6) is 0 Å². The molecule has 0 aromatic rings. The van der Waals surface area contributed by atoms with Crippen LogP contribution in [-0.2, 0) is 14.2 Å². The average molecular weight is 164 g/mol. The second kappa shape index (κ2) is 6.54. The lowest BCUT2D eigenvalue weighted by Gasteiger charge is -2.21. The Kier molecular flexibility index (Phi) is 6.45. The van der Waals surface area contributed by atoms with Crippen molar-refractivity contribution in [2.45, 2.75) is 12.2 Å². The summed E-state index contributed by atoms with van der Waals surface area (Å²) < 4.78 is 14.8. The fourth-order valence-corrected chi connectivity index (χ4v) is 0.835. The standard InChI is InChI=1S/C7H16O4/c1-9-5-7(11-3)6(4-8)10-2/h6-8H,4-5H2,1-3H3. The van der Waals surface area contributed by atoms with Crippen LogP contribution in [0.2, 0.25) is 0 Å². The predicted molar refractivity (Wildman–Crippen MR) is 40.6 cm³/mol. The molecule has 4 heteroatoms. The minimum Gasteiger partial charge on any atom is -0.394 e. The fourth-order valence-electron chi connectivity index (χ4n) is 0.835. The summed E-state index contributed by atoms with van der Waals surface area (Å²) in [5, 5.41) is 8.79. The van der Waals surface area contributed by atoms with Crippen LogP contribution >= 0.6 is 0 Å². The van der Waals surface area contributed by atoms with E-state index in [0.29, 0.717) is 6.61 Å². The lowest BCUT2D eigenvalue weighted by Crippen LogP contribution is -2.36. The van der Waals surface area contributed by atoms with E-state index in [-0.39, 0.29) is 18.8 Å². The number of hydrogen-bond donors (Lipinski definition) is 1. The Hall–Kier alpha value is -0.160. The van der Waals surface area contributed by atoms with E-state index in [4.69, 9.17) is 19.3 Å². The highest BCUT2D eigenvalue weighted by molar-refractivity contribution is 4.68. The molecule has 0 radical (unpaired) electrons. The third-order valence-corrected chi connectivity index (χ3v) is 1.53. The van der Waals surface area contributed by atoms with Crippen molar-refractivity contribution < 1.29 is 19.3 Å². The second-order valence-electron chi connectivity index (χ2n) is 2.19. The number of ether oxygens (including phenoxy) is 3. The van der Waals surface area contributed by atoms with E-state index in [1.165, 1.54) is 7.11 Å². The molecule has 0 saturated carbocycles. The molecule has 0 aromatic carbocycles. The van der Waals surface area contributed by atoms with Gasteiger partial charge in [-0.2, -0.15) is 0 Å². The molecule has 0 spiro atoms. The van der Waals surface area contributed by atoms with Crippen LogP contribution in [0, 0.1) is 0 Å². The Morgan fingerprint density at radius 3 is 1.91 bits per heavy atom. The van der Waals surface area contributed by atoms with Crippen LogP contribution < -0.4 is 0 Å². The number of aliphatic hydroxyl groups excluding tert-OH is 1. The van der Waals surface area contributed by atoms with Gasteiger partial charge in [0, 0.05) is 21.3 Å². The largest absolute Gasteiger partial charge is 0.394 e. The van der Waals surface area contributed by atoms with Crippen molar-refractivity contribution in [3.8, 4) is 0 Å². The van der Waals surface area contributed by atoms with E-state index in [1.54, 1.807) is 14.2 Å². The molecule has 0 rings (SSSR count). The highest BCUT2D eigenvalue weighted by Gasteiger charge is 2.19. The normalized spacial score (nSPS) is 16.4. The molecule has 0 aliphatic carbocycles. The summed E-state index contributed by atoms with van der Waals surface area (Å²) in [4.78, 5) is 0. The molecule has 4 nitrogen and oxygen atoms in total. The Balaban J connectivity index is 3.76. The van der Waals surface area contributed by atoms with E-state index in [1.807, 2.05) is 0 Å². The van der Waals surface area contributed by atoms with Crippen LogP contribution in [0.15, 0.2) is 0 Å². The maximum atomic E-state index is 8.79. The molecule has 0 fully saturated rings. The Labute approximate surface area is 67.1 Å². The average Bonchev–Trinajstić information content (AvgIpc) is 2.05. The maximum Gasteiger partial charge on any atom is 0.109 e. The summed E-state index contributed by atoms with van der Waals surface area (Å²) in [6.07, 6.45) is -0.505. The fraction of sp³-hybridized carbons (Fsp3) is 1.00. The van der Waals surface area contributed by atoms with Gasteiger partial charge in [0.1, 0.15) is 12.2 Å². The van der Waals surface area contributed by atoms with Crippen LogP contribution in [0.3, 0.4) is 0 Å². The molecule has 0 aliphatic heterocycles. The van der Waals surface area contributed by atoms with Crippen molar-refractivity contribution in [2.75, 3.05) is 34.5 Å². The summed E-state index contributed by atoms with van der Waals surface area (Å²) >= 11 is 0. The number of aliphatic hydroxyl groups is 1. The van der Waals surface area contributed by atoms with E-state index >= 15 is 0 Å². The van der Waals surface area contributed by atoms with Gasteiger partial charge in [0.05, 0.1) is 13.2 Å². The van der Waals surface area contributed by atoms with Crippen molar-refractivity contribution in [1.82, 2.24) is 0 Å². The van der Waals surface area contributed by atoms with Gasteiger partial charge in [-0.1, -0.05) is 0 Å². The molecule has 0 saturated heterocycles. The van der Waals surface area contributed by atoms with Gasteiger partial charge < -0.3 is 19.3 Å². The molecule has 1 N–H and O–H groups in total. The minimum atomic E-state index is -0.306. The Bertz CT molecular complexity index is 82.5. The van der Waals surface area contributed by atoms with E-state index in [0.717, 1.165) is 0 Å². The SMILES string of the molecule is COCC(OC)C(CO)OC. The van der Waals surface area contributed by atoms with Crippen molar-refractivity contribution in [3.63, 3.8) is 0 Å². The summed E-state index contributed by atoms with van der Waals surface area (Å²) in [6, 6.07) is 0. The molecule has 0 aromatic heterocycles. The molecule has 0 bridgehead atoms. The van der Waals surface area contributed by atoms with Gasteiger partial charge in [0.15, 0.2) is 0 Å². The van der Waals surface area contributed by atoms with Crippen molar-refractivity contribution in [1.29, 1.82) is 0 Å². The zero-order chi connectivity index (χ0) is 8.69. The minimum absolute atomic E-state index is 0.0572. The number of rotatable bonds is 6. The van der Waals surface area contributed by atoms with Gasteiger partial charge in [-0.3, -0.25) is 0 Å². The van der Waals surface area contributed by atoms with Crippen molar-refractivity contribution in [2.24, 2.45) is 0 Å². The highest BCUT2D eigenvalue weighted by Crippen LogP contribution is 2.01. The van der Waals surface area contributed by atoms with Gasteiger partial charge >= 0.3 is 0 Å². The second-order valence-corrected chi connectivity index (χ2v) is 2.19. The third kappa shape index (κ3) is 3.67. The molecule has 68 valence electrons. The summed E-state index contributed by atoms with van der Waals surface area (Å²) in [5.74, 6) is 0. The molecule has 2 atom stereocenters. The zero-order valence-electron chi connectivity index (χ0n) is 7.24. The van der Waals surface area contributed by atoms with Gasteiger partial charge in [-0.05, 0) is 0 Å². The van der Waals surface area contributed by atoms with E-state index in [2.05, 4.69) is 0 Å². The first kappa shape index (κ1) is 10.8. The van der Waals surface area contributed by atoms with E-state index < -0.39 is 0 Å². The van der Waals surface area contributed by atoms with Gasteiger partial charge in [-0.15, -0.1) is 0 Å². The van der Waals surface area contributed by atoms with Crippen molar-refractivity contribution >= 4 is 0 Å². The third-order valence-electron chi connectivity index (χ3n) is 1.53. The molecule has 11 heavy (non-hydrogen) atoms. The van der Waals surface area contributed by atoms with Crippen LogP contribution in [0.1, 0.15) is 0 Å². The quantitative estimate of drug-likeness (QED) is 0.583. The lowest BCUT2D eigenvalue weighted by atomic mass is 10.2. The highest BCUT2D eigenvalue weighted by atomic mass is 16.6. The van der Waals surface area contributed by atoms with Crippen LogP contribution in [-0.4, -0.2) is 51.9 Å². The topological polar surface area (TPSA) is 47.9 Å². The Morgan fingerprint density at radius 1 is 1.09 bits per heavy atom. The first-order valence-corrected chi connectivity index (χ1v) is 3.45. The predicted octanol–water partition coefficient (Wildman–Crippen LogP) is -0.345. The molecular weight excluding hydrogens is 148 g/mol. The smallest absolute Gasteiger partial charge is 0.109 e. The van der Waals surface area contributed by atoms with Gasteiger partial charge in [-0.25, -0.2) is 0 Å². The molecule has 2 unspecified atom stereocenters. The number of hydrogen-bond acceptors (Lipinski definition) is 4. The molecule has 0 heterocycles. The Morgan fingerprint density at radius 2 is 1.64 bits per heavy atom. The first-order chi connectivity index (χ1) is 5.29. The zero-order valence-corrected chi connectivity index (χ0v) is 7.24.